The van der Waals surface area contributed by atoms with Gasteiger partial charge in [-0.25, -0.2) is 4.79 Å². The summed E-state index contributed by atoms with van der Waals surface area (Å²) in [5.41, 5.74) is 5.11. The van der Waals surface area contributed by atoms with Crippen LogP contribution in [0.1, 0.15) is 38.7 Å². The number of nitrogens with two attached hydrogens (primary N) is 1. The highest BCUT2D eigenvalue weighted by molar-refractivity contribution is 7.95. The number of nitro groups is 1. The van der Waals surface area contributed by atoms with Crippen LogP contribution in [0, 0.1) is 22.0 Å². The molecule has 11 heteroatoms. The molecule has 1 aromatic rings. The Bertz CT molecular complexity index is 978. The van der Waals surface area contributed by atoms with Gasteiger partial charge in [0.25, 0.3) is 5.69 Å². The summed E-state index contributed by atoms with van der Waals surface area (Å²) in [7, 11) is 0. The number of benzene rings is 1. The quantitative estimate of drug-likeness (QED) is 0.182. The number of hydrogen-bond acceptors (Lipinski definition) is 7. The number of amides is 2. The predicted molar refractivity (Wildman–Crippen MR) is 115 cm³/mol. The van der Waals surface area contributed by atoms with Crippen molar-refractivity contribution < 1.29 is 28.6 Å². The molecule has 0 saturated carbocycles. The first-order chi connectivity index (χ1) is 15.1. The van der Waals surface area contributed by atoms with Crippen LogP contribution in [0.4, 0.5) is 5.69 Å². The largest absolute Gasteiger partial charge is 0.612 e. The highest BCUT2D eigenvalue weighted by atomic mass is 32.2. The van der Waals surface area contributed by atoms with Crippen LogP contribution in [-0.2, 0) is 36.9 Å². The van der Waals surface area contributed by atoms with E-state index in [-0.39, 0.29) is 72.4 Å². The van der Waals surface area contributed by atoms with Crippen LogP contribution in [0.3, 0.4) is 0 Å². The average Bonchev–Trinajstić information content (AvgIpc) is 3.06. The maximum Gasteiger partial charge on any atom is 0.360 e. The SMILES string of the molecule is CC(C)C1C(=O)N2C(C(=O)OCc3ccccc3[N+](=O)[O-])=C([S+]([O-])CCCC(N)=O)CC12. The molecule has 1 saturated heterocycles. The first-order valence-electron chi connectivity index (χ1n) is 10.3. The fraction of sp³-hybridized carbons (Fsp3) is 0.476. The summed E-state index contributed by atoms with van der Waals surface area (Å²) in [5, 5.41) is 11.2. The molecule has 2 aliphatic rings. The number of ether oxygens (including phenoxy) is 1. The monoisotopic (exact) mass is 463 g/mol. The van der Waals surface area contributed by atoms with Gasteiger partial charge < -0.3 is 15.0 Å². The van der Waals surface area contributed by atoms with E-state index in [9.17, 15) is 29.1 Å². The second-order valence-corrected chi connectivity index (χ2v) is 9.69. The minimum Gasteiger partial charge on any atom is -0.612 e. The Morgan fingerprint density at radius 2 is 2.03 bits per heavy atom. The molecule has 0 radical (unpaired) electrons. The van der Waals surface area contributed by atoms with E-state index in [1.165, 1.54) is 23.1 Å². The van der Waals surface area contributed by atoms with Gasteiger partial charge in [0.1, 0.15) is 12.4 Å². The van der Waals surface area contributed by atoms with Crippen molar-refractivity contribution in [2.24, 2.45) is 17.6 Å². The molecule has 0 aromatic heterocycles. The van der Waals surface area contributed by atoms with Crippen LogP contribution < -0.4 is 5.73 Å². The lowest BCUT2D eigenvalue weighted by molar-refractivity contribution is -0.385. The summed E-state index contributed by atoms with van der Waals surface area (Å²) in [4.78, 5) is 48.9. The highest BCUT2D eigenvalue weighted by Crippen LogP contribution is 2.47. The zero-order valence-corrected chi connectivity index (χ0v) is 18.6. The van der Waals surface area contributed by atoms with Crippen LogP contribution in [0.5, 0.6) is 0 Å². The zero-order valence-electron chi connectivity index (χ0n) is 17.8. The molecule has 0 aliphatic carbocycles. The summed E-state index contributed by atoms with van der Waals surface area (Å²) in [6.45, 7) is 3.46. The normalized spacial score (nSPS) is 20.8. The number of esters is 1. The summed E-state index contributed by atoms with van der Waals surface area (Å²) >= 11 is -1.60. The molecule has 1 aromatic carbocycles. The van der Waals surface area contributed by atoms with E-state index in [2.05, 4.69) is 0 Å². The number of rotatable bonds is 10. The first-order valence-corrected chi connectivity index (χ1v) is 11.6. The Hall–Kier alpha value is -2.92. The predicted octanol–water partition coefficient (Wildman–Crippen LogP) is 1.75. The van der Waals surface area contributed by atoms with Gasteiger partial charge >= 0.3 is 5.97 Å². The average molecular weight is 464 g/mol. The maximum atomic E-state index is 13.0. The second kappa shape index (κ2) is 9.70. The van der Waals surface area contributed by atoms with Gasteiger partial charge in [0.15, 0.2) is 10.6 Å². The molecular formula is C21H25N3O7S. The lowest BCUT2D eigenvalue weighted by Crippen LogP contribution is -2.60. The molecule has 2 aliphatic heterocycles. The van der Waals surface area contributed by atoms with Crippen LogP contribution in [0.2, 0.25) is 0 Å². The molecule has 2 heterocycles. The molecule has 2 N–H and O–H groups in total. The van der Waals surface area contributed by atoms with Crippen LogP contribution in [0.25, 0.3) is 0 Å². The van der Waals surface area contributed by atoms with Gasteiger partial charge in [0.05, 0.1) is 22.4 Å². The molecule has 2 amide bonds. The molecular weight excluding hydrogens is 438 g/mol. The van der Waals surface area contributed by atoms with Crippen LogP contribution in [0.15, 0.2) is 34.9 Å². The van der Waals surface area contributed by atoms with E-state index in [1.807, 2.05) is 13.8 Å². The molecule has 3 atom stereocenters. The molecule has 3 unspecified atom stereocenters. The summed E-state index contributed by atoms with van der Waals surface area (Å²) in [6.07, 6.45) is 0.640. The van der Waals surface area contributed by atoms with E-state index in [0.717, 1.165) is 0 Å². The molecule has 0 spiro atoms. The van der Waals surface area contributed by atoms with E-state index in [1.54, 1.807) is 6.07 Å². The molecule has 3 rings (SSSR count). The van der Waals surface area contributed by atoms with Crippen molar-refractivity contribution >= 4 is 34.6 Å². The van der Waals surface area contributed by atoms with Crippen molar-refractivity contribution in [2.45, 2.75) is 45.8 Å². The van der Waals surface area contributed by atoms with Gasteiger partial charge in [0, 0.05) is 25.3 Å². The minimum atomic E-state index is -1.60. The van der Waals surface area contributed by atoms with Gasteiger partial charge in [0.2, 0.25) is 11.8 Å². The maximum absolute atomic E-state index is 13.0. The molecule has 10 nitrogen and oxygen atoms in total. The number of nitrogens with zero attached hydrogens (tertiary/aromatic N) is 2. The third-order valence-electron chi connectivity index (χ3n) is 5.65. The van der Waals surface area contributed by atoms with Crippen LogP contribution in [-0.4, -0.2) is 44.0 Å². The Kier molecular flexibility index (Phi) is 7.19. The molecule has 1 fully saturated rings. The number of carbonyl (C=O) groups is 3. The number of β-lactam (4-membered cyclic amide) rings is 1. The number of primary amides is 1. The summed E-state index contributed by atoms with van der Waals surface area (Å²) in [5.74, 6) is -1.69. The van der Waals surface area contributed by atoms with Crippen molar-refractivity contribution in [3.8, 4) is 0 Å². The Balaban J connectivity index is 1.81. The smallest absolute Gasteiger partial charge is 0.360 e. The number of para-hydroxylation sites is 1. The van der Waals surface area contributed by atoms with Crippen molar-refractivity contribution in [2.75, 3.05) is 5.75 Å². The summed E-state index contributed by atoms with van der Waals surface area (Å²) < 4.78 is 18.2. The third-order valence-corrected chi connectivity index (χ3v) is 7.22. The van der Waals surface area contributed by atoms with Gasteiger partial charge in [-0.05, 0) is 23.2 Å². The van der Waals surface area contributed by atoms with Crippen molar-refractivity contribution in [3.63, 3.8) is 0 Å². The Morgan fingerprint density at radius 1 is 1.34 bits per heavy atom. The van der Waals surface area contributed by atoms with E-state index in [4.69, 9.17) is 10.5 Å². The minimum absolute atomic E-state index is 0.0482. The standard InChI is InChI=1S/C21H25N3O7S/c1-12(2)18-15-10-16(32(30)9-5-8-17(22)25)19(23(15)20(18)26)21(27)31-11-13-6-3-4-7-14(13)24(28)29/h3-4,6-7,12,15,18H,5,8-11H2,1-2H3,(H2,22,25). The molecule has 32 heavy (non-hydrogen) atoms. The van der Waals surface area contributed by atoms with Crippen molar-refractivity contribution in [3.05, 3.63) is 50.5 Å². The third kappa shape index (κ3) is 4.63. The lowest BCUT2D eigenvalue weighted by atomic mass is 9.79. The topological polar surface area (TPSA) is 156 Å². The van der Waals surface area contributed by atoms with Gasteiger partial charge in [-0.1, -0.05) is 26.0 Å². The number of nitro benzene ring substituents is 1. The molecule has 0 bridgehead atoms. The van der Waals surface area contributed by atoms with Crippen molar-refractivity contribution in [1.29, 1.82) is 0 Å². The van der Waals surface area contributed by atoms with Gasteiger partial charge in [-0.2, -0.15) is 0 Å². The second-order valence-electron chi connectivity index (χ2n) is 8.10. The van der Waals surface area contributed by atoms with E-state index in [0.29, 0.717) is 4.91 Å². The highest BCUT2D eigenvalue weighted by Gasteiger charge is 2.58. The first kappa shape index (κ1) is 23.7. The van der Waals surface area contributed by atoms with Gasteiger partial charge in [-0.15, -0.1) is 0 Å². The Morgan fingerprint density at radius 3 is 2.66 bits per heavy atom. The molecule has 172 valence electrons. The van der Waals surface area contributed by atoms with Crippen molar-refractivity contribution in [1.82, 2.24) is 4.90 Å². The van der Waals surface area contributed by atoms with Crippen LogP contribution >= 0.6 is 0 Å². The van der Waals surface area contributed by atoms with Gasteiger partial charge in [-0.3, -0.25) is 24.6 Å². The Labute approximate surface area is 188 Å². The number of fused-ring (bicyclic) bond motifs is 1. The lowest BCUT2D eigenvalue weighted by Gasteiger charge is -2.45. The number of hydrogen-bond donors (Lipinski definition) is 1. The zero-order chi connectivity index (χ0) is 23.6. The fourth-order valence-electron chi connectivity index (χ4n) is 4.15. The summed E-state index contributed by atoms with van der Waals surface area (Å²) in [6, 6.07) is 5.60. The number of carbonyl (C=O) groups excluding carboxylic acids is 3. The fourth-order valence-corrected chi connectivity index (χ4v) is 5.55. The van der Waals surface area contributed by atoms with E-state index < -0.39 is 28.0 Å². The van der Waals surface area contributed by atoms with E-state index >= 15 is 0 Å².